The van der Waals surface area contributed by atoms with E-state index in [9.17, 15) is 4.79 Å². The number of hydrogen-bond acceptors (Lipinski definition) is 9. The summed E-state index contributed by atoms with van der Waals surface area (Å²) >= 11 is 6.05. The molecule has 0 aliphatic rings. The van der Waals surface area contributed by atoms with Crippen LogP contribution in [0.5, 0.6) is 0 Å². The van der Waals surface area contributed by atoms with E-state index < -0.39 is 11.9 Å². The van der Waals surface area contributed by atoms with Crippen LogP contribution in [-0.4, -0.2) is 47.4 Å². The van der Waals surface area contributed by atoms with E-state index in [1.54, 1.807) is 31.2 Å². The Hall–Kier alpha value is -4.27. The number of benzene rings is 1. The number of halogens is 1. The van der Waals surface area contributed by atoms with Crippen molar-refractivity contribution in [3.05, 3.63) is 64.8 Å². The molecule has 1 amide bonds. The van der Waals surface area contributed by atoms with Crippen molar-refractivity contribution >= 4 is 40.5 Å². The van der Waals surface area contributed by atoms with Crippen LogP contribution in [0, 0.1) is 11.8 Å². The van der Waals surface area contributed by atoms with Crippen LogP contribution in [0.4, 0.5) is 17.3 Å². The van der Waals surface area contributed by atoms with Crippen molar-refractivity contribution in [2.75, 3.05) is 17.7 Å². The predicted octanol–water partition coefficient (Wildman–Crippen LogP) is 2.12. The van der Waals surface area contributed by atoms with Gasteiger partial charge in [-0.05, 0) is 43.2 Å². The van der Waals surface area contributed by atoms with Gasteiger partial charge in [-0.25, -0.2) is 9.97 Å². The summed E-state index contributed by atoms with van der Waals surface area (Å²) in [5, 5.41) is 28.2. The van der Waals surface area contributed by atoms with Crippen LogP contribution < -0.4 is 16.4 Å². The SMILES string of the molecule is C[C@@H](NC(=O)c1nc(C#CCCO)cnc1N)c1nnc2ccc(Nc3cccc(Cl)c3)nn12. The van der Waals surface area contributed by atoms with E-state index in [2.05, 4.69) is 47.7 Å². The zero-order valence-corrected chi connectivity index (χ0v) is 18.8. The fraction of sp³-hybridized carbons (Fsp3) is 0.182. The number of amides is 1. The summed E-state index contributed by atoms with van der Waals surface area (Å²) in [6, 6.07) is 10.2. The molecule has 172 valence electrons. The average Bonchev–Trinajstić information content (AvgIpc) is 3.24. The first-order valence-corrected chi connectivity index (χ1v) is 10.6. The lowest BCUT2D eigenvalue weighted by molar-refractivity contribution is 0.0933. The molecule has 0 spiro atoms. The number of nitrogens with zero attached hydrogens (tertiary/aromatic N) is 6. The van der Waals surface area contributed by atoms with Gasteiger partial charge >= 0.3 is 0 Å². The van der Waals surface area contributed by atoms with E-state index in [0.29, 0.717) is 22.3 Å². The molecular formula is C22H20ClN9O2. The van der Waals surface area contributed by atoms with Gasteiger partial charge < -0.3 is 21.5 Å². The Kier molecular flexibility index (Phi) is 6.82. The molecule has 1 aromatic carbocycles. The number of carbonyl (C=O) groups is 1. The molecular weight excluding hydrogens is 458 g/mol. The van der Waals surface area contributed by atoms with Crippen LogP contribution in [0.1, 0.15) is 41.4 Å². The smallest absolute Gasteiger partial charge is 0.274 e. The molecule has 12 heteroatoms. The first-order chi connectivity index (χ1) is 16.4. The standard InChI is InChI=1S/C22H20ClN9O2/c1-13(26-22(34)19-20(24)25-12-16(28-19)6-2-3-10-33)21-30-29-18-9-8-17(31-32(18)21)27-15-7-4-5-14(23)11-15/h4-5,7-9,11-13,33H,3,10H2,1H3,(H2,24,25)(H,26,34)(H,27,31)/t13-/m1/s1. The second kappa shape index (κ2) is 10.1. The van der Waals surface area contributed by atoms with Crippen LogP contribution in [0.15, 0.2) is 42.6 Å². The maximum Gasteiger partial charge on any atom is 0.274 e. The maximum atomic E-state index is 12.8. The second-order valence-electron chi connectivity index (χ2n) is 7.14. The highest BCUT2D eigenvalue weighted by Gasteiger charge is 2.21. The van der Waals surface area contributed by atoms with Crippen molar-refractivity contribution in [2.24, 2.45) is 0 Å². The summed E-state index contributed by atoms with van der Waals surface area (Å²) in [7, 11) is 0. The number of fused-ring (bicyclic) bond motifs is 1. The quantitative estimate of drug-likeness (QED) is 0.305. The fourth-order valence-electron chi connectivity index (χ4n) is 3.02. The zero-order chi connectivity index (χ0) is 24.1. The normalized spacial score (nSPS) is 11.5. The van der Waals surface area contributed by atoms with E-state index in [1.165, 1.54) is 10.7 Å². The number of aliphatic hydroxyl groups is 1. The number of hydrogen-bond donors (Lipinski definition) is 4. The highest BCUT2D eigenvalue weighted by molar-refractivity contribution is 6.30. The Morgan fingerprint density at radius 3 is 2.94 bits per heavy atom. The summed E-state index contributed by atoms with van der Waals surface area (Å²) < 4.78 is 1.53. The van der Waals surface area contributed by atoms with Crippen LogP contribution >= 0.6 is 11.6 Å². The van der Waals surface area contributed by atoms with E-state index in [4.69, 9.17) is 22.4 Å². The lowest BCUT2D eigenvalue weighted by Gasteiger charge is -2.13. The van der Waals surface area contributed by atoms with Gasteiger partial charge in [0, 0.05) is 17.1 Å². The van der Waals surface area contributed by atoms with Gasteiger partial charge in [-0.15, -0.1) is 15.3 Å². The lowest BCUT2D eigenvalue weighted by atomic mass is 10.2. The van der Waals surface area contributed by atoms with Gasteiger partial charge in [-0.3, -0.25) is 4.79 Å². The Balaban J connectivity index is 1.55. The topological polar surface area (TPSA) is 156 Å². The summed E-state index contributed by atoms with van der Waals surface area (Å²) in [6.07, 6.45) is 1.65. The third-order valence-corrected chi connectivity index (χ3v) is 4.82. The number of aromatic nitrogens is 6. The summed E-state index contributed by atoms with van der Waals surface area (Å²) in [4.78, 5) is 21.0. The van der Waals surface area contributed by atoms with Crippen LogP contribution in [-0.2, 0) is 0 Å². The molecule has 0 saturated carbocycles. The molecule has 3 aromatic heterocycles. The van der Waals surface area contributed by atoms with Gasteiger partial charge in [0.15, 0.2) is 28.8 Å². The highest BCUT2D eigenvalue weighted by Crippen LogP contribution is 2.20. The van der Waals surface area contributed by atoms with Crippen LogP contribution in [0.2, 0.25) is 5.02 Å². The minimum atomic E-state index is -0.582. The van der Waals surface area contributed by atoms with E-state index in [0.717, 1.165) is 5.69 Å². The summed E-state index contributed by atoms with van der Waals surface area (Å²) in [5.41, 5.74) is 7.33. The molecule has 4 rings (SSSR count). The Morgan fingerprint density at radius 2 is 2.15 bits per heavy atom. The molecule has 5 N–H and O–H groups in total. The van der Waals surface area contributed by atoms with Gasteiger partial charge in [0.2, 0.25) is 0 Å². The molecule has 0 aliphatic carbocycles. The number of nitrogens with one attached hydrogen (secondary N) is 2. The largest absolute Gasteiger partial charge is 0.395 e. The van der Waals surface area contributed by atoms with E-state index in [1.807, 2.05) is 12.1 Å². The minimum Gasteiger partial charge on any atom is -0.395 e. The van der Waals surface area contributed by atoms with Crippen molar-refractivity contribution in [1.82, 2.24) is 35.1 Å². The third-order valence-electron chi connectivity index (χ3n) is 4.59. The summed E-state index contributed by atoms with van der Waals surface area (Å²) in [6.45, 7) is 1.67. The molecule has 0 bridgehead atoms. The molecule has 1 atom stereocenters. The van der Waals surface area contributed by atoms with Gasteiger partial charge in [0.05, 0.1) is 18.8 Å². The van der Waals surface area contributed by atoms with Crippen molar-refractivity contribution in [1.29, 1.82) is 0 Å². The van der Waals surface area contributed by atoms with Crippen molar-refractivity contribution in [2.45, 2.75) is 19.4 Å². The number of nitrogen functional groups attached to an aromatic ring is 1. The summed E-state index contributed by atoms with van der Waals surface area (Å²) in [5.74, 6) is 5.83. The number of carbonyl (C=O) groups excluding carboxylic acids is 1. The molecule has 11 nitrogen and oxygen atoms in total. The Morgan fingerprint density at radius 1 is 1.29 bits per heavy atom. The van der Waals surface area contributed by atoms with Gasteiger partial charge in [-0.2, -0.15) is 4.52 Å². The molecule has 0 fully saturated rings. The lowest BCUT2D eigenvalue weighted by Crippen LogP contribution is -2.30. The van der Waals surface area contributed by atoms with Crippen molar-refractivity contribution < 1.29 is 9.90 Å². The molecule has 0 saturated heterocycles. The van der Waals surface area contributed by atoms with Gasteiger partial charge in [0.1, 0.15) is 5.69 Å². The van der Waals surface area contributed by atoms with E-state index >= 15 is 0 Å². The molecule has 0 radical (unpaired) electrons. The van der Waals surface area contributed by atoms with Gasteiger partial charge in [-0.1, -0.05) is 23.6 Å². The minimum absolute atomic E-state index is 0.0327. The first kappa shape index (κ1) is 22.9. The zero-order valence-electron chi connectivity index (χ0n) is 18.0. The van der Waals surface area contributed by atoms with E-state index in [-0.39, 0.29) is 30.2 Å². The maximum absolute atomic E-state index is 12.8. The highest BCUT2D eigenvalue weighted by atomic mass is 35.5. The predicted molar refractivity (Wildman–Crippen MR) is 126 cm³/mol. The molecule has 3 heterocycles. The monoisotopic (exact) mass is 477 g/mol. The third kappa shape index (κ3) is 5.20. The molecule has 0 unspecified atom stereocenters. The van der Waals surface area contributed by atoms with Crippen molar-refractivity contribution in [3.63, 3.8) is 0 Å². The second-order valence-corrected chi connectivity index (χ2v) is 7.58. The Labute approximate surface area is 199 Å². The first-order valence-electron chi connectivity index (χ1n) is 10.2. The number of aliphatic hydroxyl groups excluding tert-OH is 1. The molecule has 4 aromatic rings. The number of anilines is 3. The average molecular weight is 478 g/mol. The van der Waals surface area contributed by atoms with Crippen LogP contribution in [0.25, 0.3) is 5.65 Å². The molecule has 0 aliphatic heterocycles. The Bertz CT molecular complexity index is 1410. The molecule has 34 heavy (non-hydrogen) atoms. The number of rotatable bonds is 6. The fourth-order valence-corrected chi connectivity index (χ4v) is 3.21. The number of nitrogens with two attached hydrogens (primary N) is 1. The van der Waals surface area contributed by atoms with Crippen LogP contribution in [0.3, 0.4) is 0 Å². The van der Waals surface area contributed by atoms with Crippen molar-refractivity contribution in [3.8, 4) is 11.8 Å². The van der Waals surface area contributed by atoms with Gasteiger partial charge in [0.25, 0.3) is 5.91 Å².